The van der Waals surface area contributed by atoms with Crippen molar-refractivity contribution >= 4 is 0 Å². The smallest absolute Gasteiger partial charge is 0.203 e. The van der Waals surface area contributed by atoms with Crippen LogP contribution in [0.1, 0.15) is 25.8 Å². The molecule has 0 unspecified atom stereocenters. The highest BCUT2D eigenvalue weighted by Crippen LogP contribution is 2.38. The minimum absolute atomic E-state index is 0.0797. The topological polar surface area (TPSA) is 57.2 Å². The van der Waals surface area contributed by atoms with Gasteiger partial charge in [0.1, 0.15) is 0 Å². The molecule has 114 valence electrons. The van der Waals surface area contributed by atoms with E-state index in [0.29, 0.717) is 29.4 Å². The molecule has 0 saturated heterocycles. The maximum atomic E-state index is 9.21. The van der Waals surface area contributed by atoms with E-state index in [1.54, 1.807) is 33.5 Å². The van der Waals surface area contributed by atoms with E-state index in [-0.39, 0.29) is 12.2 Å². The van der Waals surface area contributed by atoms with Crippen LogP contribution >= 0.6 is 0 Å². The van der Waals surface area contributed by atoms with Gasteiger partial charge in [0, 0.05) is 13.5 Å². The number of hydrogen-bond acceptors (Lipinski definition) is 5. The van der Waals surface area contributed by atoms with E-state index in [1.165, 1.54) is 0 Å². The first-order chi connectivity index (χ1) is 9.47. The zero-order valence-electron chi connectivity index (χ0n) is 12.9. The van der Waals surface area contributed by atoms with E-state index < -0.39 is 0 Å². The van der Waals surface area contributed by atoms with Gasteiger partial charge in [0.15, 0.2) is 11.5 Å². The lowest BCUT2D eigenvalue weighted by Gasteiger charge is -2.23. The average molecular weight is 284 g/mol. The average Bonchev–Trinajstić information content (AvgIpc) is 2.46. The van der Waals surface area contributed by atoms with Gasteiger partial charge in [-0.05, 0) is 31.5 Å². The van der Waals surface area contributed by atoms with Gasteiger partial charge < -0.3 is 24.1 Å². The van der Waals surface area contributed by atoms with Gasteiger partial charge in [-0.25, -0.2) is 0 Å². The highest BCUT2D eigenvalue weighted by molar-refractivity contribution is 5.53. The Bertz CT molecular complexity index is 403. The van der Waals surface area contributed by atoms with Crippen molar-refractivity contribution in [1.82, 2.24) is 0 Å². The van der Waals surface area contributed by atoms with Crippen LogP contribution in [0.15, 0.2) is 12.1 Å². The van der Waals surface area contributed by atoms with E-state index in [9.17, 15) is 5.11 Å². The van der Waals surface area contributed by atoms with Crippen molar-refractivity contribution < 1.29 is 24.1 Å². The molecule has 5 nitrogen and oxygen atoms in total. The van der Waals surface area contributed by atoms with Crippen LogP contribution in [0.3, 0.4) is 0 Å². The summed E-state index contributed by atoms with van der Waals surface area (Å²) in [6.45, 7) is 4.40. The molecule has 1 aromatic carbocycles. The van der Waals surface area contributed by atoms with Crippen LogP contribution in [-0.4, -0.2) is 38.6 Å². The molecule has 0 aromatic heterocycles. The van der Waals surface area contributed by atoms with Crippen LogP contribution in [-0.2, 0) is 11.3 Å². The Hall–Kier alpha value is -1.46. The first-order valence-electron chi connectivity index (χ1n) is 6.51. The summed E-state index contributed by atoms with van der Waals surface area (Å²) in [5.74, 6) is 1.63. The summed E-state index contributed by atoms with van der Waals surface area (Å²) < 4.78 is 21.7. The first kappa shape index (κ1) is 16.6. The fourth-order valence-electron chi connectivity index (χ4n) is 1.67. The number of methoxy groups -OCH3 is 3. The molecule has 0 bridgehead atoms. The van der Waals surface area contributed by atoms with E-state index in [2.05, 4.69) is 0 Å². The van der Waals surface area contributed by atoms with Crippen LogP contribution in [0.5, 0.6) is 17.2 Å². The van der Waals surface area contributed by atoms with Gasteiger partial charge in [0.25, 0.3) is 0 Å². The van der Waals surface area contributed by atoms with E-state index in [1.807, 2.05) is 13.8 Å². The van der Waals surface area contributed by atoms with Crippen molar-refractivity contribution in [2.75, 3.05) is 27.9 Å². The van der Waals surface area contributed by atoms with Gasteiger partial charge in [-0.15, -0.1) is 0 Å². The molecule has 0 aliphatic heterocycles. The van der Waals surface area contributed by atoms with Crippen molar-refractivity contribution in [3.05, 3.63) is 17.7 Å². The third-order valence-electron chi connectivity index (χ3n) is 3.21. The van der Waals surface area contributed by atoms with Gasteiger partial charge in [0.2, 0.25) is 5.75 Å². The second-order valence-corrected chi connectivity index (χ2v) is 5.05. The fraction of sp³-hybridized carbons (Fsp3) is 0.600. The molecular weight excluding hydrogens is 260 g/mol. The second-order valence-electron chi connectivity index (χ2n) is 5.05. The third kappa shape index (κ3) is 4.28. The van der Waals surface area contributed by atoms with Gasteiger partial charge in [-0.3, -0.25) is 0 Å². The van der Waals surface area contributed by atoms with Crippen molar-refractivity contribution in [2.24, 2.45) is 0 Å². The van der Waals surface area contributed by atoms with E-state index in [4.69, 9.17) is 18.9 Å². The molecule has 20 heavy (non-hydrogen) atoms. The molecule has 0 aliphatic rings. The number of aliphatic hydroxyl groups excluding tert-OH is 1. The first-order valence-corrected chi connectivity index (χ1v) is 6.51. The summed E-state index contributed by atoms with van der Waals surface area (Å²) in [6, 6.07) is 3.47. The van der Waals surface area contributed by atoms with Crippen LogP contribution in [0.25, 0.3) is 0 Å². The third-order valence-corrected chi connectivity index (χ3v) is 3.21. The summed E-state index contributed by atoms with van der Waals surface area (Å²) in [5.41, 5.74) is 0.467. The Labute approximate surface area is 120 Å². The summed E-state index contributed by atoms with van der Waals surface area (Å²) in [6.07, 6.45) is 0.734. The number of ether oxygens (including phenoxy) is 4. The molecule has 1 aromatic rings. The molecule has 0 amide bonds. The van der Waals surface area contributed by atoms with E-state index >= 15 is 0 Å². The monoisotopic (exact) mass is 284 g/mol. The largest absolute Gasteiger partial charge is 0.493 e. The molecule has 0 spiro atoms. The van der Waals surface area contributed by atoms with Crippen LogP contribution < -0.4 is 14.2 Å². The number of rotatable bonds is 8. The summed E-state index contributed by atoms with van der Waals surface area (Å²) >= 11 is 0. The summed E-state index contributed by atoms with van der Waals surface area (Å²) in [4.78, 5) is 0. The number of aliphatic hydroxyl groups is 1. The predicted octanol–water partition coefficient (Wildman–Crippen LogP) is 2.39. The fourth-order valence-corrected chi connectivity index (χ4v) is 1.67. The summed E-state index contributed by atoms with van der Waals surface area (Å²) in [7, 11) is 4.79. The maximum absolute atomic E-state index is 9.21. The Morgan fingerprint density at radius 1 is 1.05 bits per heavy atom. The lowest BCUT2D eigenvalue weighted by atomic mass is 10.1. The molecule has 0 saturated carbocycles. The second kappa shape index (κ2) is 7.36. The molecule has 0 fully saturated rings. The van der Waals surface area contributed by atoms with Crippen LogP contribution in [0.4, 0.5) is 0 Å². The standard InChI is InChI=1S/C15H24O5/c1-15(2,19-5)6-7-20-14-12(17-3)8-11(10-16)9-13(14)18-4/h8-9,16H,6-7,10H2,1-5H3. The van der Waals surface area contributed by atoms with Gasteiger partial charge >= 0.3 is 0 Å². The van der Waals surface area contributed by atoms with Gasteiger partial charge in [-0.2, -0.15) is 0 Å². The predicted molar refractivity (Wildman–Crippen MR) is 76.7 cm³/mol. The Morgan fingerprint density at radius 3 is 2.00 bits per heavy atom. The quantitative estimate of drug-likeness (QED) is 0.794. The normalized spacial score (nSPS) is 11.3. The molecule has 0 aliphatic carbocycles. The van der Waals surface area contributed by atoms with Crippen LogP contribution in [0, 0.1) is 0 Å². The molecule has 0 radical (unpaired) electrons. The van der Waals surface area contributed by atoms with Crippen molar-refractivity contribution in [3.8, 4) is 17.2 Å². The summed E-state index contributed by atoms with van der Waals surface area (Å²) in [5, 5.41) is 9.21. The molecule has 1 N–H and O–H groups in total. The molecule has 5 heteroatoms. The number of hydrogen-bond donors (Lipinski definition) is 1. The molecule has 1 rings (SSSR count). The van der Waals surface area contributed by atoms with Crippen molar-refractivity contribution in [3.63, 3.8) is 0 Å². The lowest BCUT2D eigenvalue weighted by Crippen LogP contribution is -2.25. The highest BCUT2D eigenvalue weighted by Gasteiger charge is 2.18. The minimum atomic E-state index is -0.245. The van der Waals surface area contributed by atoms with Crippen molar-refractivity contribution in [1.29, 1.82) is 0 Å². The Morgan fingerprint density at radius 2 is 1.60 bits per heavy atom. The molecular formula is C15H24O5. The zero-order valence-corrected chi connectivity index (χ0v) is 12.9. The Kier molecular flexibility index (Phi) is 6.10. The molecule has 0 heterocycles. The highest BCUT2D eigenvalue weighted by atomic mass is 16.5. The lowest BCUT2D eigenvalue weighted by molar-refractivity contribution is 0.00503. The SMILES string of the molecule is COc1cc(CO)cc(OC)c1OCCC(C)(C)OC. The number of benzene rings is 1. The van der Waals surface area contributed by atoms with E-state index in [0.717, 1.165) is 6.42 Å². The maximum Gasteiger partial charge on any atom is 0.203 e. The van der Waals surface area contributed by atoms with Gasteiger partial charge in [0.05, 0.1) is 33.0 Å². The van der Waals surface area contributed by atoms with Crippen molar-refractivity contribution in [2.45, 2.75) is 32.5 Å². The van der Waals surface area contributed by atoms with Gasteiger partial charge in [-0.1, -0.05) is 0 Å². The zero-order chi connectivity index (χ0) is 15.2. The molecule has 0 atom stereocenters. The minimum Gasteiger partial charge on any atom is -0.493 e. The van der Waals surface area contributed by atoms with Crippen LogP contribution in [0.2, 0.25) is 0 Å². The Balaban J connectivity index is 2.87.